The summed E-state index contributed by atoms with van der Waals surface area (Å²) in [5, 5.41) is 11.2. The Morgan fingerprint density at radius 2 is 1.90 bits per heavy atom. The largest absolute Gasteiger partial charge is 0.507 e. The monoisotopic (exact) mass is 422 g/mol. The van der Waals surface area contributed by atoms with E-state index in [1.807, 2.05) is 16.8 Å². The van der Waals surface area contributed by atoms with Crippen LogP contribution in [-0.2, 0) is 16.1 Å². The Kier molecular flexibility index (Phi) is 5.63. The Balaban J connectivity index is 1.72. The zero-order valence-electron chi connectivity index (χ0n) is 16.0. The molecule has 0 saturated carbocycles. The molecule has 3 aromatic rings. The fourth-order valence-electron chi connectivity index (χ4n) is 3.60. The van der Waals surface area contributed by atoms with Crippen LogP contribution in [0.5, 0.6) is 0 Å². The van der Waals surface area contributed by atoms with Gasteiger partial charge >= 0.3 is 0 Å². The minimum atomic E-state index is -0.738. The molecule has 1 aliphatic rings. The number of halogens is 1. The molecular formula is C22H19ClN4O3. The van der Waals surface area contributed by atoms with E-state index < -0.39 is 17.7 Å². The van der Waals surface area contributed by atoms with Gasteiger partial charge in [-0.1, -0.05) is 48.0 Å². The number of rotatable bonds is 6. The summed E-state index contributed by atoms with van der Waals surface area (Å²) >= 11 is 5.92. The number of carbonyl (C=O) groups is 2. The number of aromatic nitrogens is 3. The van der Waals surface area contributed by atoms with Crippen molar-refractivity contribution in [2.75, 3.05) is 6.54 Å². The van der Waals surface area contributed by atoms with Crippen molar-refractivity contribution in [3.63, 3.8) is 0 Å². The van der Waals surface area contributed by atoms with E-state index in [1.165, 1.54) is 11.1 Å². The van der Waals surface area contributed by atoms with Crippen molar-refractivity contribution in [1.29, 1.82) is 0 Å². The maximum Gasteiger partial charge on any atom is 0.295 e. The normalized spacial score (nSPS) is 18.2. The van der Waals surface area contributed by atoms with Gasteiger partial charge in [0.05, 0.1) is 17.9 Å². The SMILES string of the molecule is O=C1C(=O)N(CCCn2ccnc2)C(c2ccc(Cl)nc2)/C1=C(\O)c1ccccc1. The molecular weight excluding hydrogens is 404 g/mol. The molecule has 2 aromatic heterocycles. The maximum absolute atomic E-state index is 12.9. The number of Topliss-reactive ketones (excluding diaryl/α,β-unsaturated/α-hetero) is 1. The summed E-state index contributed by atoms with van der Waals surface area (Å²) in [5.41, 5.74) is 1.14. The number of pyridine rings is 1. The quantitative estimate of drug-likeness (QED) is 0.284. The van der Waals surface area contributed by atoms with Crippen molar-refractivity contribution < 1.29 is 14.7 Å². The number of imidazole rings is 1. The summed E-state index contributed by atoms with van der Waals surface area (Å²) in [6, 6.07) is 11.3. The second kappa shape index (κ2) is 8.51. The van der Waals surface area contributed by atoms with Gasteiger partial charge in [0.15, 0.2) is 0 Å². The van der Waals surface area contributed by atoms with E-state index in [0.29, 0.717) is 35.8 Å². The van der Waals surface area contributed by atoms with E-state index in [-0.39, 0.29) is 11.3 Å². The van der Waals surface area contributed by atoms with Gasteiger partial charge in [-0.15, -0.1) is 0 Å². The Morgan fingerprint density at radius 1 is 1.10 bits per heavy atom. The first kappa shape index (κ1) is 19.8. The van der Waals surface area contributed by atoms with Crippen molar-refractivity contribution >= 4 is 29.1 Å². The molecule has 30 heavy (non-hydrogen) atoms. The third kappa shape index (κ3) is 3.84. The minimum Gasteiger partial charge on any atom is -0.507 e. The van der Waals surface area contributed by atoms with Crippen LogP contribution < -0.4 is 0 Å². The molecule has 0 radical (unpaired) electrons. The number of amides is 1. The van der Waals surface area contributed by atoms with Crippen molar-refractivity contribution in [2.24, 2.45) is 0 Å². The number of nitrogens with zero attached hydrogens (tertiary/aromatic N) is 4. The van der Waals surface area contributed by atoms with Gasteiger partial charge in [0, 0.05) is 37.2 Å². The zero-order chi connectivity index (χ0) is 21.1. The second-order valence-electron chi connectivity index (χ2n) is 6.93. The third-order valence-electron chi connectivity index (χ3n) is 5.03. The fourth-order valence-corrected chi connectivity index (χ4v) is 3.71. The van der Waals surface area contributed by atoms with Crippen molar-refractivity contribution in [2.45, 2.75) is 19.0 Å². The van der Waals surface area contributed by atoms with Gasteiger partial charge in [0.25, 0.3) is 11.7 Å². The Labute approximate surface area is 178 Å². The summed E-state index contributed by atoms with van der Waals surface area (Å²) < 4.78 is 1.90. The topological polar surface area (TPSA) is 88.3 Å². The lowest BCUT2D eigenvalue weighted by atomic mass is 9.96. The lowest BCUT2D eigenvalue weighted by Gasteiger charge is -2.25. The van der Waals surface area contributed by atoms with E-state index in [9.17, 15) is 14.7 Å². The average Bonchev–Trinajstić information content (AvgIpc) is 3.37. The number of aliphatic hydroxyl groups excluding tert-OH is 1. The lowest BCUT2D eigenvalue weighted by molar-refractivity contribution is -0.139. The van der Waals surface area contributed by atoms with Gasteiger partial charge in [0.1, 0.15) is 10.9 Å². The van der Waals surface area contributed by atoms with Gasteiger partial charge in [-0.05, 0) is 18.1 Å². The van der Waals surface area contributed by atoms with Crippen LogP contribution in [0.15, 0.2) is 73.0 Å². The van der Waals surface area contributed by atoms with Crippen LogP contribution in [0.25, 0.3) is 5.76 Å². The van der Waals surface area contributed by atoms with Gasteiger partial charge in [-0.2, -0.15) is 0 Å². The Bertz CT molecular complexity index is 1080. The van der Waals surface area contributed by atoms with Crippen LogP contribution in [0.1, 0.15) is 23.6 Å². The minimum absolute atomic E-state index is 0.0537. The molecule has 1 atom stereocenters. The lowest BCUT2D eigenvalue weighted by Crippen LogP contribution is -2.31. The van der Waals surface area contributed by atoms with Gasteiger partial charge in [-0.3, -0.25) is 9.59 Å². The average molecular weight is 423 g/mol. The molecule has 1 unspecified atom stereocenters. The van der Waals surface area contributed by atoms with Crippen LogP contribution in [-0.4, -0.2) is 42.8 Å². The van der Waals surface area contributed by atoms with E-state index in [2.05, 4.69) is 9.97 Å². The molecule has 1 aliphatic heterocycles. The molecule has 7 nitrogen and oxygen atoms in total. The first-order chi connectivity index (χ1) is 14.6. The van der Waals surface area contributed by atoms with Crippen molar-refractivity contribution in [3.8, 4) is 0 Å². The number of carbonyl (C=O) groups excluding carboxylic acids is 2. The van der Waals surface area contributed by atoms with E-state index in [1.54, 1.807) is 48.9 Å². The molecule has 1 amide bonds. The summed E-state index contributed by atoms with van der Waals surface area (Å²) in [6.45, 7) is 0.981. The van der Waals surface area contributed by atoms with Crippen LogP contribution >= 0.6 is 11.6 Å². The highest BCUT2D eigenvalue weighted by Crippen LogP contribution is 2.39. The summed E-state index contributed by atoms with van der Waals surface area (Å²) in [6.07, 6.45) is 7.37. The molecule has 8 heteroatoms. The Hall–Kier alpha value is -3.45. The van der Waals surface area contributed by atoms with Gasteiger partial charge in [0.2, 0.25) is 0 Å². The van der Waals surface area contributed by atoms with Crippen LogP contribution in [0, 0.1) is 0 Å². The fraction of sp³-hybridized carbons (Fsp3) is 0.182. The number of ketones is 1. The van der Waals surface area contributed by atoms with Crippen molar-refractivity contribution in [1.82, 2.24) is 19.4 Å². The second-order valence-corrected chi connectivity index (χ2v) is 7.31. The highest BCUT2D eigenvalue weighted by atomic mass is 35.5. The molecule has 152 valence electrons. The first-order valence-electron chi connectivity index (χ1n) is 9.47. The van der Waals surface area contributed by atoms with Crippen molar-refractivity contribution in [3.05, 3.63) is 89.2 Å². The van der Waals surface area contributed by atoms with Crippen LogP contribution in [0.2, 0.25) is 5.15 Å². The molecule has 0 bridgehead atoms. The first-order valence-corrected chi connectivity index (χ1v) is 9.85. The molecule has 4 rings (SSSR count). The summed E-state index contributed by atoms with van der Waals surface area (Å²) in [7, 11) is 0. The summed E-state index contributed by atoms with van der Waals surface area (Å²) in [5.74, 6) is -1.55. The maximum atomic E-state index is 12.9. The predicted octanol–water partition coefficient (Wildman–Crippen LogP) is 3.44. The van der Waals surface area contributed by atoms with Gasteiger partial charge < -0.3 is 14.6 Å². The highest BCUT2D eigenvalue weighted by molar-refractivity contribution is 6.46. The molecule has 1 saturated heterocycles. The number of aliphatic hydroxyl groups is 1. The number of likely N-dealkylation sites (tertiary alicyclic amines) is 1. The molecule has 0 aliphatic carbocycles. The number of hydrogen-bond acceptors (Lipinski definition) is 5. The molecule has 3 heterocycles. The zero-order valence-corrected chi connectivity index (χ0v) is 16.7. The number of hydrogen-bond donors (Lipinski definition) is 1. The predicted molar refractivity (Wildman–Crippen MR) is 112 cm³/mol. The number of aryl methyl sites for hydroxylation is 1. The molecule has 1 N–H and O–H groups in total. The summed E-state index contributed by atoms with van der Waals surface area (Å²) in [4.78, 5) is 35.3. The Morgan fingerprint density at radius 3 is 2.57 bits per heavy atom. The molecule has 1 fully saturated rings. The highest BCUT2D eigenvalue weighted by Gasteiger charge is 2.45. The standard InChI is InChI=1S/C22H19ClN4O3/c23-17-8-7-16(13-25-17)19-18(20(28)15-5-2-1-3-6-15)21(29)22(30)27(19)11-4-10-26-12-9-24-14-26/h1-3,5-9,12-14,19,28H,4,10-11H2/b20-18+. The van der Waals surface area contributed by atoms with Gasteiger partial charge in [-0.25, -0.2) is 9.97 Å². The van der Waals surface area contributed by atoms with Crippen LogP contribution in [0.3, 0.4) is 0 Å². The smallest absolute Gasteiger partial charge is 0.295 e. The third-order valence-corrected chi connectivity index (χ3v) is 5.25. The molecule has 0 spiro atoms. The molecule has 1 aromatic carbocycles. The van der Waals surface area contributed by atoms with Crippen LogP contribution in [0.4, 0.5) is 0 Å². The van der Waals surface area contributed by atoms with E-state index >= 15 is 0 Å². The number of benzene rings is 1. The van der Waals surface area contributed by atoms with E-state index in [4.69, 9.17) is 11.6 Å². The van der Waals surface area contributed by atoms with E-state index in [0.717, 1.165) is 0 Å².